The zero-order chi connectivity index (χ0) is 36.3. The summed E-state index contributed by atoms with van der Waals surface area (Å²) in [4.78, 5) is 34.3. The number of rotatable bonds is 16. The van der Waals surface area contributed by atoms with Gasteiger partial charge in [0.1, 0.15) is 18.8 Å². The maximum absolute atomic E-state index is 14.0. The molecule has 0 aliphatic rings. The molecule has 1 amide bonds. The lowest BCUT2D eigenvalue weighted by atomic mass is 9.88. The molecule has 0 radical (unpaired) electrons. The maximum atomic E-state index is 14.0. The molecule has 7 nitrogen and oxygen atoms in total. The summed E-state index contributed by atoms with van der Waals surface area (Å²) in [7, 11) is 0. The first-order chi connectivity index (χ1) is 19.8. The summed E-state index contributed by atoms with van der Waals surface area (Å²) in [6.07, 6.45) is -11.8. The summed E-state index contributed by atoms with van der Waals surface area (Å²) in [6, 6.07) is 0. The lowest BCUT2D eigenvalue weighted by Gasteiger charge is -2.42. The molecule has 45 heavy (non-hydrogen) atoms. The Balaban J connectivity index is 6.05. The number of esters is 2. The van der Waals surface area contributed by atoms with Crippen LogP contribution in [0.4, 0.5) is 79.4 Å². The number of carbonyl (C=O) groups excluding carboxylic acids is 3. The lowest BCUT2D eigenvalue weighted by Crippen LogP contribution is -2.74. The summed E-state index contributed by atoms with van der Waals surface area (Å²) in [6.45, 7) is 2.76. The van der Waals surface area contributed by atoms with E-state index in [2.05, 4.69) is 27.4 Å². The molecule has 0 rings (SSSR count). The van der Waals surface area contributed by atoms with E-state index in [4.69, 9.17) is 0 Å². The van der Waals surface area contributed by atoms with E-state index in [1.54, 1.807) is 5.32 Å². The number of ether oxygens (including phenoxy) is 3. The molecule has 0 saturated carbocycles. The van der Waals surface area contributed by atoms with Gasteiger partial charge in [-0.05, 0) is 6.92 Å². The van der Waals surface area contributed by atoms with Crippen LogP contribution in [0.5, 0.6) is 0 Å². The van der Waals surface area contributed by atoms with Crippen molar-refractivity contribution in [2.75, 3.05) is 19.8 Å². The van der Waals surface area contributed by atoms with E-state index in [0.717, 1.165) is 6.92 Å². The highest BCUT2D eigenvalue weighted by Crippen LogP contribution is 2.64. The molecule has 0 bridgehead atoms. The predicted octanol–water partition coefficient (Wildman–Crippen LogP) is 6.33. The molecule has 0 aromatic heterocycles. The van der Waals surface area contributed by atoms with Gasteiger partial charge in [0.15, 0.2) is 0 Å². The van der Waals surface area contributed by atoms with Crippen molar-refractivity contribution < 1.29 is 103 Å². The van der Waals surface area contributed by atoms with Crippen molar-refractivity contribution in [3.8, 4) is 0 Å². The Morgan fingerprint density at radius 2 is 0.911 bits per heavy atom. The van der Waals surface area contributed by atoms with Crippen molar-refractivity contribution in [2.24, 2.45) is 0 Å². The minimum atomic E-state index is -8.77. The average molecular weight is 703 g/mol. The predicted molar refractivity (Wildman–Crippen MR) is 111 cm³/mol. The normalized spacial score (nSPS) is 14.4. The Kier molecular flexibility index (Phi) is 12.1. The van der Waals surface area contributed by atoms with Gasteiger partial charge < -0.3 is 19.5 Å². The molecule has 0 atom stereocenters. The van der Waals surface area contributed by atoms with Gasteiger partial charge in [-0.25, -0.2) is 14.4 Å². The molecule has 0 aliphatic heterocycles. The molecule has 0 aromatic carbocycles. The molecule has 0 aliphatic carbocycles. The Labute approximate surface area is 239 Å². The molecule has 0 heterocycles. The van der Waals surface area contributed by atoms with Gasteiger partial charge in [-0.1, -0.05) is 13.2 Å². The van der Waals surface area contributed by atoms with E-state index in [9.17, 15) is 89.0 Å². The molecule has 1 N–H and O–H groups in total. The second-order valence-corrected chi connectivity index (χ2v) is 8.84. The fourth-order valence-corrected chi connectivity index (χ4v) is 2.60. The second kappa shape index (κ2) is 13.1. The van der Waals surface area contributed by atoms with Crippen LogP contribution in [-0.2, 0) is 23.8 Å². The quantitative estimate of drug-likeness (QED) is 0.0876. The smallest absolute Gasteiger partial charge is 0.460 e. The van der Waals surface area contributed by atoms with E-state index in [0.29, 0.717) is 12.2 Å². The molecule has 0 fully saturated rings. The SMILES string of the molecule is C=CC(=O)OCC(C)(COC(=O)C=C)NC(=O)OCCC(F)(F)C(F)(F)C(F)(F)C(F)(F)C(F)(F)C(F)(F)C(F)(F)C(F)(F)F. The van der Waals surface area contributed by atoms with E-state index in [1.165, 1.54) is 0 Å². The van der Waals surface area contributed by atoms with Crippen LogP contribution in [0, 0.1) is 0 Å². The first-order valence-electron chi connectivity index (χ1n) is 11.0. The van der Waals surface area contributed by atoms with Crippen molar-refractivity contribution in [1.29, 1.82) is 0 Å². The van der Waals surface area contributed by atoms with Crippen molar-refractivity contribution in [3.63, 3.8) is 0 Å². The second-order valence-electron chi connectivity index (χ2n) is 8.84. The average Bonchev–Trinajstić information content (AvgIpc) is 2.88. The molecular formula is C21H18F17NO6. The van der Waals surface area contributed by atoms with E-state index in [1.807, 2.05) is 0 Å². The molecule has 262 valence electrons. The number of hydrogen-bond donors (Lipinski definition) is 1. The fraction of sp³-hybridized carbons (Fsp3) is 0.667. The van der Waals surface area contributed by atoms with Gasteiger partial charge in [0, 0.05) is 12.2 Å². The van der Waals surface area contributed by atoms with Crippen molar-refractivity contribution in [2.45, 2.75) is 66.5 Å². The van der Waals surface area contributed by atoms with E-state index < -0.39 is 97.4 Å². The van der Waals surface area contributed by atoms with E-state index in [-0.39, 0.29) is 0 Å². The molecule has 24 heteroatoms. The van der Waals surface area contributed by atoms with Crippen molar-refractivity contribution in [3.05, 3.63) is 25.3 Å². The third-order valence-electron chi connectivity index (χ3n) is 5.24. The standard InChI is InChI=1S/C21H18F17NO6/c1-4-10(40)44-8-13(3,9-45-11(41)5-2)39-12(42)43-7-6-14(22,23)15(24,25)16(26,27)17(28,29)18(30,31)19(32,33)20(34,35)21(36,37)38/h4-5H,1-2,6-9H2,3H3,(H,39,42). The minimum absolute atomic E-state index is 0.578. The minimum Gasteiger partial charge on any atom is -0.460 e. The van der Waals surface area contributed by atoms with Crippen molar-refractivity contribution in [1.82, 2.24) is 5.32 Å². The molecular weight excluding hydrogens is 685 g/mol. The zero-order valence-electron chi connectivity index (χ0n) is 21.8. The molecule has 0 saturated heterocycles. The third-order valence-corrected chi connectivity index (χ3v) is 5.24. The van der Waals surface area contributed by atoms with Gasteiger partial charge >= 0.3 is 65.7 Å². The van der Waals surface area contributed by atoms with Crippen molar-refractivity contribution >= 4 is 18.0 Å². The van der Waals surface area contributed by atoms with Crippen LogP contribution in [-0.4, -0.2) is 91.0 Å². The van der Waals surface area contributed by atoms with Gasteiger partial charge in [-0.3, -0.25) is 0 Å². The van der Waals surface area contributed by atoms with Gasteiger partial charge in [0.05, 0.1) is 13.0 Å². The number of hydrogen-bond acceptors (Lipinski definition) is 6. The lowest BCUT2D eigenvalue weighted by molar-refractivity contribution is -0.461. The van der Waals surface area contributed by atoms with Crippen LogP contribution < -0.4 is 5.32 Å². The highest BCUT2D eigenvalue weighted by molar-refractivity contribution is 5.82. The van der Waals surface area contributed by atoms with Crippen LogP contribution >= 0.6 is 0 Å². The number of alkyl halides is 17. The highest BCUT2D eigenvalue weighted by atomic mass is 19.4. The Morgan fingerprint density at radius 3 is 1.24 bits per heavy atom. The Hall–Kier alpha value is -3.50. The first kappa shape index (κ1) is 41.5. The maximum Gasteiger partial charge on any atom is 0.460 e. The molecule has 0 aromatic rings. The zero-order valence-corrected chi connectivity index (χ0v) is 21.8. The van der Waals surface area contributed by atoms with Crippen LogP contribution in [0.15, 0.2) is 25.3 Å². The molecule has 0 unspecified atom stereocenters. The summed E-state index contributed by atoms with van der Waals surface area (Å²) in [5.74, 6) is -60.0. The van der Waals surface area contributed by atoms with Gasteiger partial charge in [-0.15, -0.1) is 0 Å². The number of carbonyl (C=O) groups is 3. The van der Waals surface area contributed by atoms with Crippen LogP contribution in [0.3, 0.4) is 0 Å². The first-order valence-corrected chi connectivity index (χ1v) is 11.0. The summed E-state index contributed by atoms with van der Waals surface area (Å²) in [5.41, 5.74) is -2.06. The summed E-state index contributed by atoms with van der Waals surface area (Å²) >= 11 is 0. The van der Waals surface area contributed by atoms with Gasteiger partial charge in [0.2, 0.25) is 0 Å². The Bertz CT molecular complexity index is 1100. The van der Waals surface area contributed by atoms with Crippen LogP contribution in [0.2, 0.25) is 0 Å². The number of alkyl carbamates (subject to hydrolysis) is 1. The summed E-state index contributed by atoms with van der Waals surface area (Å²) < 4.78 is 239. The van der Waals surface area contributed by atoms with E-state index >= 15 is 0 Å². The number of amides is 1. The molecule has 0 spiro atoms. The number of nitrogens with one attached hydrogen (secondary N) is 1. The summed E-state index contributed by atoms with van der Waals surface area (Å²) in [5, 5.41) is 1.66. The van der Waals surface area contributed by atoms with Crippen LogP contribution in [0.25, 0.3) is 0 Å². The van der Waals surface area contributed by atoms with Crippen LogP contribution in [0.1, 0.15) is 13.3 Å². The topological polar surface area (TPSA) is 90.9 Å². The Morgan fingerprint density at radius 1 is 0.578 bits per heavy atom. The largest absolute Gasteiger partial charge is 0.460 e. The van der Waals surface area contributed by atoms with Gasteiger partial charge in [0.25, 0.3) is 0 Å². The number of halogens is 17. The monoisotopic (exact) mass is 703 g/mol. The highest BCUT2D eigenvalue weighted by Gasteiger charge is 2.95. The fourth-order valence-electron chi connectivity index (χ4n) is 2.60. The third kappa shape index (κ3) is 7.84. The van der Waals surface area contributed by atoms with Gasteiger partial charge in [-0.2, -0.15) is 74.6 Å².